The van der Waals surface area contributed by atoms with Gasteiger partial charge in [0.25, 0.3) is 0 Å². The van der Waals surface area contributed by atoms with Crippen molar-refractivity contribution in [3.63, 3.8) is 0 Å². The van der Waals surface area contributed by atoms with Crippen molar-refractivity contribution < 1.29 is 9.84 Å². The highest BCUT2D eigenvalue weighted by molar-refractivity contribution is 6.31. The Balaban J connectivity index is 2.80. The minimum absolute atomic E-state index is 0.0894. The first-order valence-corrected chi connectivity index (χ1v) is 5.61. The molecule has 0 heterocycles. The molecule has 0 amide bonds. The maximum absolute atomic E-state index is 9.18. The highest BCUT2D eigenvalue weighted by Crippen LogP contribution is 2.27. The van der Waals surface area contributed by atoms with Crippen LogP contribution in [0.1, 0.15) is 32.3 Å². The Hall–Kier alpha value is -0.730. The van der Waals surface area contributed by atoms with E-state index >= 15 is 0 Å². The van der Waals surface area contributed by atoms with E-state index in [1.807, 2.05) is 19.1 Å². The molecule has 1 unspecified atom stereocenters. The minimum Gasteiger partial charge on any atom is -0.490 e. The summed E-state index contributed by atoms with van der Waals surface area (Å²) >= 11 is 5.95. The predicted molar refractivity (Wildman–Crippen MR) is 62.4 cm³/mol. The molecule has 0 saturated heterocycles. The smallest absolute Gasteiger partial charge is 0.126 e. The molecule has 1 atom stereocenters. The molecule has 15 heavy (non-hydrogen) atoms. The van der Waals surface area contributed by atoms with E-state index in [-0.39, 0.29) is 12.7 Å². The summed E-state index contributed by atoms with van der Waals surface area (Å²) < 4.78 is 5.71. The zero-order valence-electron chi connectivity index (χ0n) is 9.16. The summed E-state index contributed by atoms with van der Waals surface area (Å²) in [6.45, 7) is 4.05. The number of hydrogen-bond acceptors (Lipinski definition) is 2. The van der Waals surface area contributed by atoms with Gasteiger partial charge in [0.2, 0.25) is 0 Å². The summed E-state index contributed by atoms with van der Waals surface area (Å²) in [4.78, 5) is 0. The van der Waals surface area contributed by atoms with Gasteiger partial charge in [-0.05, 0) is 25.5 Å². The van der Waals surface area contributed by atoms with Gasteiger partial charge in [-0.25, -0.2) is 0 Å². The van der Waals surface area contributed by atoms with E-state index < -0.39 is 0 Å². The summed E-state index contributed by atoms with van der Waals surface area (Å²) in [7, 11) is 0. The summed E-state index contributed by atoms with van der Waals surface area (Å²) in [5.41, 5.74) is 0.669. The summed E-state index contributed by atoms with van der Waals surface area (Å²) in [5, 5.41) is 9.73. The normalized spacial score (nSPS) is 12.5. The Kier molecular flexibility index (Phi) is 4.92. The highest BCUT2D eigenvalue weighted by Gasteiger charge is 2.09. The second kappa shape index (κ2) is 5.99. The van der Waals surface area contributed by atoms with Gasteiger partial charge in [0.05, 0.1) is 12.7 Å². The van der Waals surface area contributed by atoms with Crippen molar-refractivity contribution in [1.82, 2.24) is 0 Å². The topological polar surface area (TPSA) is 29.5 Å². The molecule has 1 aromatic rings. The van der Waals surface area contributed by atoms with Crippen molar-refractivity contribution in [3.05, 3.63) is 28.8 Å². The molecule has 0 aromatic heterocycles. The van der Waals surface area contributed by atoms with Crippen LogP contribution in [0, 0.1) is 0 Å². The first-order chi connectivity index (χ1) is 7.19. The van der Waals surface area contributed by atoms with Crippen molar-refractivity contribution in [2.24, 2.45) is 0 Å². The second-order valence-corrected chi connectivity index (χ2v) is 4.00. The monoisotopic (exact) mass is 228 g/mol. The van der Waals surface area contributed by atoms with E-state index in [4.69, 9.17) is 16.3 Å². The third-order valence-electron chi connectivity index (χ3n) is 2.26. The lowest BCUT2D eigenvalue weighted by atomic mass is 10.2. The fourth-order valence-electron chi connectivity index (χ4n) is 1.48. The highest BCUT2D eigenvalue weighted by atomic mass is 35.5. The SMILES string of the molecule is CCCC(C)Oc1cccc(Cl)c1CO. The van der Waals surface area contributed by atoms with Crippen LogP contribution in [0.5, 0.6) is 5.75 Å². The van der Waals surface area contributed by atoms with Crippen LogP contribution in [0.4, 0.5) is 0 Å². The van der Waals surface area contributed by atoms with Gasteiger partial charge < -0.3 is 9.84 Å². The molecular weight excluding hydrogens is 212 g/mol. The van der Waals surface area contributed by atoms with Gasteiger partial charge in [0.1, 0.15) is 5.75 Å². The maximum atomic E-state index is 9.18. The van der Waals surface area contributed by atoms with Crippen LogP contribution < -0.4 is 4.74 Å². The van der Waals surface area contributed by atoms with Crippen molar-refractivity contribution in [2.45, 2.75) is 39.4 Å². The number of rotatable bonds is 5. The van der Waals surface area contributed by atoms with Gasteiger partial charge in [0, 0.05) is 10.6 Å². The fraction of sp³-hybridized carbons (Fsp3) is 0.500. The zero-order chi connectivity index (χ0) is 11.3. The average molecular weight is 229 g/mol. The van der Waals surface area contributed by atoms with E-state index in [1.165, 1.54) is 0 Å². The largest absolute Gasteiger partial charge is 0.490 e. The molecule has 0 saturated carbocycles. The Bertz CT molecular complexity index is 312. The molecule has 0 aliphatic carbocycles. The number of hydrogen-bond donors (Lipinski definition) is 1. The Morgan fingerprint density at radius 1 is 1.47 bits per heavy atom. The van der Waals surface area contributed by atoms with Gasteiger partial charge in [-0.15, -0.1) is 0 Å². The Morgan fingerprint density at radius 2 is 2.20 bits per heavy atom. The number of aliphatic hydroxyl groups excluding tert-OH is 1. The van der Waals surface area contributed by atoms with Crippen LogP contribution in [0.3, 0.4) is 0 Å². The molecule has 2 nitrogen and oxygen atoms in total. The van der Waals surface area contributed by atoms with E-state index in [0.717, 1.165) is 12.8 Å². The predicted octanol–water partition coefficient (Wildman–Crippen LogP) is 3.40. The summed E-state index contributed by atoms with van der Waals surface area (Å²) in [5.74, 6) is 0.686. The maximum Gasteiger partial charge on any atom is 0.126 e. The van der Waals surface area contributed by atoms with Crippen molar-refractivity contribution in [1.29, 1.82) is 0 Å². The van der Waals surface area contributed by atoms with Crippen molar-refractivity contribution in [3.8, 4) is 5.75 Å². The molecule has 3 heteroatoms. The summed E-state index contributed by atoms with van der Waals surface area (Å²) in [6.07, 6.45) is 2.23. The van der Waals surface area contributed by atoms with Crippen LogP contribution in [0.15, 0.2) is 18.2 Å². The van der Waals surface area contributed by atoms with Crippen LogP contribution in [-0.2, 0) is 6.61 Å². The number of benzene rings is 1. The van der Waals surface area contributed by atoms with E-state index in [9.17, 15) is 5.11 Å². The molecule has 84 valence electrons. The Labute approximate surface area is 95.8 Å². The van der Waals surface area contributed by atoms with Crippen LogP contribution in [0.2, 0.25) is 5.02 Å². The molecule has 1 N–H and O–H groups in total. The third-order valence-corrected chi connectivity index (χ3v) is 2.61. The van der Waals surface area contributed by atoms with Crippen molar-refractivity contribution in [2.75, 3.05) is 0 Å². The molecule has 0 aliphatic rings. The molecule has 0 spiro atoms. The number of halogens is 1. The van der Waals surface area contributed by atoms with Gasteiger partial charge in [-0.2, -0.15) is 0 Å². The number of ether oxygens (including phenoxy) is 1. The molecular formula is C12H17ClO2. The lowest BCUT2D eigenvalue weighted by Gasteiger charge is -2.16. The first-order valence-electron chi connectivity index (χ1n) is 5.24. The van der Waals surface area contributed by atoms with Gasteiger partial charge >= 0.3 is 0 Å². The second-order valence-electron chi connectivity index (χ2n) is 3.59. The third kappa shape index (κ3) is 3.40. The Morgan fingerprint density at radius 3 is 2.80 bits per heavy atom. The minimum atomic E-state index is -0.0894. The van der Waals surface area contributed by atoms with Gasteiger partial charge in [0.15, 0.2) is 0 Å². The molecule has 1 rings (SSSR count). The molecule has 0 aliphatic heterocycles. The number of aliphatic hydroxyl groups is 1. The molecule has 0 radical (unpaired) electrons. The van der Waals surface area contributed by atoms with E-state index in [1.54, 1.807) is 6.07 Å². The van der Waals surface area contributed by atoms with E-state index in [0.29, 0.717) is 16.3 Å². The molecule has 1 aromatic carbocycles. The van der Waals surface area contributed by atoms with Crippen molar-refractivity contribution >= 4 is 11.6 Å². The molecule has 0 fully saturated rings. The molecule has 0 bridgehead atoms. The van der Waals surface area contributed by atoms with Gasteiger partial charge in [-0.3, -0.25) is 0 Å². The first kappa shape index (κ1) is 12.3. The van der Waals surface area contributed by atoms with Crippen LogP contribution in [0.25, 0.3) is 0 Å². The van der Waals surface area contributed by atoms with Crippen LogP contribution in [-0.4, -0.2) is 11.2 Å². The lowest BCUT2D eigenvalue weighted by molar-refractivity contribution is 0.199. The zero-order valence-corrected chi connectivity index (χ0v) is 9.92. The average Bonchev–Trinajstić information content (AvgIpc) is 2.18. The van der Waals surface area contributed by atoms with Gasteiger partial charge in [-0.1, -0.05) is 31.0 Å². The lowest BCUT2D eigenvalue weighted by Crippen LogP contribution is -2.12. The quantitative estimate of drug-likeness (QED) is 0.837. The fourth-order valence-corrected chi connectivity index (χ4v) is 1.71. The summed E-state index contributed by atoms with van der Waals surface area (Å²) in [6, 6.07) is 5.42. The van der Waals surface area contributed by atoms with E-state index in [2.05, 4.69) is 6.92 Å². The van der Waals surface area contributed by atoms with Crippen LogP contribution >= 0.6 is 11.6 Å². The standard InChI is InChI=1S/C12H17ClO2/c1-3-5-9(2)15-12-7-4-6-11(13)10(12)8-14/h4,6-7,9,14H,3,5,8H2,1-2H3.